The molecule has 1 aromatic heterocycles. The molecule has 15 heavy (non-hydrogen) atoms. The van der Waals surface area contributed by atoms with Gasteiger partial charge in [-0.15, -0.1) is 0 Å². The molecule has 78 valence electrons. The summed E-state index contributed by atoms with van der Waals surface area (Å²) in [4.78, 5) is 0. The van der Waals surface area contributed by atoms with Crippen LogP contribution in [0.3, 0.4) is 0 Å². The molecular weight excluding hydrogens is 324 g/mol. The quantitative estimate of drug-likeness (QED) is 0.832. The second-order valence-corrected chi connectivity index (χ2v) is 4.70. The van der Waals surface area contributed by atoms with Crippen molar-refractivity contribution in [2.24, 2.45) is 0 Å². The van der Waals surface area contributed by atoms with Crippen LogP contribution in [0.4, 0.5) is 0 Å². The molecule has 0 saturated carbocycles. The third-order valence-corrected chi connectivity index (χ3v) is 2.79. The number of hydrogen-bond donors (Lipinski definition) is 0. The molecule has 1 heterocycles. The molecule has 2 nitrogen and oxygen atoms in total. The van der Waals surface area contributed by atoms with Crippen molar-refractivity contribution in [3.8, 4) is 5.75 Å². The molecule has 0 spiro atoms. The summed E-state index contributed by atoms with van der Waals surface area (Å²) in [5, 5.41) is 0. The fraction of sp³-hybridized carbons (Fsp3) is 0.0909. The van der Waals surface area contributed by atoms with Crippen molar-refractivity contribution in [3.05, 3.63) is 51.3 Å². The smallest absolute Gasteiger partial charge is 0.169 e. The highest BCUT2D eigenvalue weighted by atomic mass is 79.9. The van der Waals surface area contributed by atoms with Crippen molar-refractivity contribution in [2.45, 2.75) is 6.61 Å². The van der Waals surface area contributed by atoms with Gasteiger partial charge in [0.2, 0.25) is 0 Å². The van der Waals surface area contributed by atoms with E-state index in [1.165, 1.54) is 0 Å². The van der Waals surface area contributed by atoms with Crippen molar-refractivity contribution in [1.29, 1.82) is 0 Å². The van der Waals surface area contributed by atoms with Gasteiger partial charge in [-0.2, -0.15) is 0 Å². The summed E-state index contributed by atoms with van der Waals surface area (Å²) in [6.07, 6.45) is 1.67. The standard InChI is InChI=1S/C11H8Br2O2/c12-9-1-3-10(4-2-9)14-6-8-5-11(13)15-7-8/h1-5,7H,6H2. The minimum Gasteiger partial charge on any atom is -0.489 e. The van der Waals surface area contributed by atoms with E-state index in [-0.39, 0.29) is 0 Å². The zero-order chi connectivity index (χ0) is 10.7. The van der Waals surface area contributed by atoms with Crippen LogP contribution in [0.5, 0.6) is 5.75 Å². The minimum absolute atomic E-state index is 0.511. The minimum atomic E-state index is 0.511. The van der Waals surface area contributed by atoms with E-state index in [0.29, 0.717) is 6.61 Å². The number of halogens is 2. The second kappa shape index (κ2) is 4.86. The molecule has 0 aliphatic carbocycles. The van der Waals surface area contributed by atoms with Crippen LogP contribution in [0.25, 0.3) is 0 Å². The largest absolute Gasteiger partial charge is 0.489 e. The van der Waals surface area contributed by atoms with Crippen molar-refractivity contribution in [3.63, 3.8) is 0 Å². The van der Waals surface area contributed by atoms with Crippen molar-refractivity contribution in [1.82, 2.24) is 0 Å². The highest BCUT2D eigenvalue weighted by Gasteiger charge is 2.00. The second-order valence-electron chi connectivity index (χ2n) is 3.00. The number of benzene rings is 1. The Morgan fingerprint density at radius 2 is 1.87 bits per heavy atom. The van der Waals surface area contributed by atoms with Gasteiger partial charge in [-0.25, -0.2) is 0 Å². The molecular formula is C11H8Br2O2. The molecule has 0 aliphatic heterocycles. The van der Waals surface area contributed by atoms with Crippen LogP contribution < -0.4 is 4.74 Å². The van der Waals surface area contributed by atoms with Gasteiger partial charge in [0.1, 0.15) is 12.4 Å². The first kappa shape index (κ1) is 10.8. The normalized spacial score (nSPS) is 10.3. The molecule has 0 unspecified atom stereocenters. The van der Waals surface area contributed by atoms with E-state index >= 15 is 0 Å². The average molecular weight is 332 g/mol. The Morgan fingerprint density at radius 3 is 2.47 bits per heavy atom. The molecule has 0 N–H and O–H groups in total. The van der Waals surface area contributed by atoms with Crippen LogP contribution in [-0.2, 0) is 6.61 Å². The van der Waals surface area contributed by atoms with E-state index in [0.717, 1.165) is 20.5 Å². The lowest BCUT2D eigenvalue weighted by Crippen LogP contribution is -1.92. The first-order chi connectivity index (χ1) is 7.24. The SMILES string of the molecule is Brc1ccc(OCc2coc(Br)c2)cc1. The topological polar surface area (TPSA) is 22.4 Å². The maximum atomic E-state index is 5.56. The lowest BCUT2D eigenvalue weighted by atomic mass is 10.3. The number of ether oxygens (including phenoxy) is 1. The Morgan fingerprint density at radius 1 is 1.13 bits per heavy atom. The van der Waals surface area contributed by atoms with E-state index in [4.69, 9.17) is 9.15 Å². The van der Waals surface area contributed by atoms with Gasteiger partial charge in [-0.3, -0.25) is 0 Å². The van der Waals surface area contributed by atoms with Crippen LogP contribution >= 0.6 is 31.9 Å². The van der Waals surface area contributed by atoms with E-state index in [9.17, 15) is 0 Å². The Kier molecular flexibility index (Phi) is 3.49. The van der Waals surface area contributed by atoms with Gasteiger partial charge >= 0.3 is 0 Å². The fourth-order valence-electron chi connectivity index (χ4n) is 1.12. The molecule has 0 fully saturated rings. The molecule has 0 aliphatic rings. The molecule has 4 heteroatoms. The molecule has 0 atom stereocenters. The summed E-state index contributed by atoms with van der Waals surface area (Å²) in [6.45, 7) is 0.511. The lowest BCUT2D eigenvalue weighted by molar-refractivity contribution is 0.304. The Labute approximate surface area is 104 Å². The number of hydrogen-bond acceptors (Lipinski definition) is 2. The first-order valence-electron chi connectivity index (χ1n) is 4.35. The lowest BCUT2D eigenvalue weighted by Gasteiger charge is -2.03. The Balaban J connectivity index is 1.96. The zero-order valence-electron chi connectivity index (χ0n) is 7.74. The molecule has 2 rings (SSSR count). The van der Waals surface area contributed by atoms with Crippen LogP contribution in [0.1, 0.15) is 5.56 Å². The number of furan rings is 1. The summed E-state index contributed by atoms with van der Waals surface area (Å²) in [5.74, 6) is 0.843. The van der Waals surface area contributed by atoms with E-state index in [1.54, 1.807) is 6.26 Å². The third kappa shape index (κ3) is 3.11. The average Bonchev–Trinajstić information content (AvgIpc) is 2.64. The summed E-state index contributed by atoms with van der Waals surface area (Å²) in [7, 11) is 0. The van der Waals surface area contributed by atoms with Crippen molar-refractivity contribution >= 4 is 31.9 Å². The van der Waals surface area contributed by atoms with Gasteiger partial charge in [-0.05, 0) is 46.3 Å². The van der Waals surface area contributed by atoms with Crippen LogP contribution in [0.2, 0.25) is 0 Å². The zero-order valence-corrected chi connectivity index (χ0v) is 10.9. The summed E-state index contributed by atoms with van der Waals surface area (Å²) >= 11 is 6.61. The maximum Gasteiger partial charge on any atom is 0.169 e. The molecule has 2 aromatic rings. The summed E-state index contributed by atoms with van der Waals surface area (Å²) in [5.41, 5.74) is 1.00. The Bertz CT molecular complexity index is 434. The van der Waals surface area contributed by atoms with E-state index in [2.05, 4.69) is 31.9 Å². The van der Waals surface area contributed by atoms with Crippen LogP contribution in [-0.4, -0.2) is 0 Å². The molecule has 0 amide bonds. The predicted molar refractivity (Wildman–Crippen MR) is 64.9 cm³/mol. The third-order valence-electron chi connectivity index (χ3n) is 1.84. The van der Waals surface area contributed by atoms with Gasteiger partial charge in [0.25, 0.3) is 0 Å². The van der Waals surface area contributed by atoms with Crippen molar-refractivity contribution < 1.29 is 9.15 Å². The summed E-state index contributed by atoms with van der Waals surface area (Å²) in [6, 6.07) is 9.61. The number of rotatable bonds is 3. The molecule has 0 radical (unpaired) electrons. The van der Waals surface area contributed by atoms with Gasteiger partial charge < -0.3 is 9.15 Å². The molecule has 0 saturated heterocycles. The van der Waals surface area contributed by atoms with Crippen molar-refractivity contribution in [2.75, 3.05) is 0 Å². The van der Waals surface area contributed by atoms with E-state index < -0.39 is 0 Å². The van der Waals surface area contributed by atoms with Gasteiger partial charge in [-0.1, -0.05) is 15.9 Å². The highest BCUT2D eigenvalue weighted by molar-refractivity contribution is 9.10. The first-order valence-corrected chi connectivity index (χ1v) is 5.94. The van der Waals surface area contributed by atoms with Gasteiger partial charge in [0.05, 0.1) is 6.26 Å². The molecule has 0 bridgehead atoms. The fourth-order valence-corrected chi connectivity index (χ4v) is 1.77. The maximum absolute atomic E-state index is 5.56. The summed E-state index contributed by atoms with van der Waals surface area (Å²) < 4.78 is 12.4. The van der Waals surface area contributed by atoms with Crippen LogP contribution in [0, 0.1) is 0 Å². The Hall–Kier alpha value is -0.740. The highest BCUT2D eigenvalue weighted by Crippen LogP contribution is 2.19. The monoisotopic (exact) mass is 330 g/mol. The molecule has 1 aromatic carbocycles. The van der Waals surface area contributed by atoms with E-state index in [1.807, 2.05) is 30.3 Å². The van der Waals surface area contributed by atoms with Crippen LogP contribution in [0.15, 0.2) is 50.2 Å². The predicted octanol–water partition coefficient (Wildman–Crippen LogP) is 4.38. The van der Waals surface area contributed by atoms with Gasteiger partial charge in [0, 0.05) is 10.0 Å². The van der Waals surface area contributed by atoms with Gasteiger partial charge in [0.15, 0.2) is 4.67 Å².